The Kier molecular flexibility index (Phi) is 3.04. The maximum atomic E-state index is 8.82. The summed E-state index contributed by atoms with van der Waals surface area (Å²) >= 11 is 6.01. The van der Waals surface area contributed by atoms with Crippen LogP contribution < -0.4 is 5.32 Å². The molecule has 0 saturated heterocycles. The molecule has 0 saturated carbocycles. The quantitative estimate of drug-likeness (QED) is 0.859. The molecule has 0 bridgehead atoms. The van der Waals surface area contributed by atoms with Gasteiger partial charge in [-0.25, -0.2) is 4.98 Å². The Labute approximate surface area is 98.3 Å². The van der Waals surface area contributed by atoms with E-state index < -0.39 is 0 Å². The number of para-hydroxylation sites is 1. The molecule has 0 fully saturated rings. The average Bonchev–Trinajstić information content (AvgIpc) is 2.33. The van der Waals surface area contributed by atoms with Gasteiger partial charge in [0.05, 0.1) is 5.56 Å². The first-order chi connectivity index (χ1) is 7.81. The number of nitrogens with zero attached hydrogens (tertiary/aromatic N) is 2. The van der Waals surface area contributed by atoms with Gasteiger partial charge in [0.1, 0.15) is 11.1 Å². The van der Waals surface area contributed by atoms with Crippen LogP contribution in [0.2, 0.25) is 5.02 Å². The van der Waals surface area contributed by atoms with E-state index in [2.05, 4.69) is 10.3 Å². The van der Waals surface area contributed by atoms with Crippen LogP contribution in [0, 0.1) is 11.3 Å². The van der Waals surface area contributed by atoms with Crippen molar-refractivity contribution < 1.29 is 0 Å². The number of hydrogen-bond donors (Lipinski definition) is 1. The fraction of sp³-hybridized carbons (Fsp3) is 0. The molecule has 4 heteroatoms. The van der Waals surface area contributed by atoms with Crippen molar-refractivity contribution in [3.05, 3.63) is 53.2 Å². The molecular formula is C12H8ClN3. The summed E-state index contributed by atoms with van der Waals surface area (Å²) in [4.78, 5) is 4.09. The van der Waals surface area contributed by atoms with Crippen LogP contribution in [0.5, 0.6) is 0 Å². The van der Waals surface area contributed by atoms with E-state index in [9.17, 15) is 0 Å². The zero-order valence-corrected chi connectivity index (χ0v) is 9.07. The van der Waals surface area contributed by atoms with Gasteiger partial charge in [0, 0.05) is 11.9 Å². The van der Waals surface area contributed by atoms with Gasteiger partial charge in [-0.15, -0.1) is 0 Å². The van der Waals surface area contributed by atoms with Crippen molar-refractivity contribution in [2.24, 2.45) is 0 Å². The van der Waals surface area contributed by atoms with Crippen molar-refractivity contribution in [2.75, 3.05) is 5.32 Å². The largest absolute Gasteiger partial charge is 0.339 e. The Balaban J connectivity index is 2.33. The third kappa shape index (κ3) is 2.13. The van der Waals surface area contributed by atoms with Crippen LogP contribution in [0.4, 0.5) is 11.5 Å². The first kappa shape index (κ1) is 10.5. The minimum absolute atomic E-state index is 0.342. The number of nitriles is 1. The van der Waals surface area contributed by atoms with Crippen LogP contribution in [0.1, 0.15) is 5.56 Å². The topological polar surface area (TPSA) is 48.7 Å². The SMILES string of the molecule is N#Cc1ccnc(Nc2ccccc2)c1Cl. The lowest BCUT2D eigenvalue weighted by Gasteiger charge is -2.07. The highest BCUT2D eigenvalue weighted by molar-refractivity contribution is 6.34. The lowest BCUT2D eigenvalue weighted by molar-refractivity contribution is 1.29. The number of hydrogen-bond acceptors (Lipinski definition) is 3. The predicted molar refractivity (Wildman–Crippen MR) is 63.7 cm³/mol. The summed E-state index contributed by atoms with van der Waals surface area (Å²) in [6.07, 6.45) is 1.55. The van der Waals surface area contributed by atoms with Crippen LogP contribution >= 0.6 is 11.6 Å². The summed E-state index contributed by atoms with van der Waals surface area (Å²) in [7, 11) is 0. The number of rotatable bonds is 2. The molecule has 0 aliphatic heterocycles. The second kappa shape index (κ2) is 4.65. The second-order valence-electron chi connectivity index (χ2n) is 3.12. The first-order valence-electron chi connectivity index (χ1n) is 4.68. The Hall–Kier alpha value is -2.05. The highest BCUT2D eigenvalue weighted by atomic mass is 35.5. The molecule has 3 nitrogen and oxygen atoms in total. The molecule has 0 radical (unpaired) electrons. The van der Waals surface area contributed by atoms with E-state index in [0.29, 0.717) is 16.4 Å². The molecule has 1 heterocycles. The van der Waals surface area contributed by atoms with Crippen molar-refractivity contribution in [1.82, 2.24) is 4.98 Å². The third-order valence-electron chi connectivity index (χ3n) is 2.05. The van der Waals surface area contributed by atoms with Crippen LogP contribution in [-0.2, 0) is 0 Å². The summed E-state index contributed by atoms with van der Waals surface area (Å²) in [6.45, 7) is 0. The van der Waals surface area contributed by atoms with Gasteiger partial charge in [-0.1, -0.05) is 29.8 Å². The zero-order valence-electron chi connectivity index (χ0n) is 8.31. The molecular weight excluding hydrogens is 222 g/mol. The van der Waals surface area contributed by atoms with Crippen LogP contribution in [0.25, 0.3) is 0 Å². The molecule has 2 rings (SSSR count). The third-order valence-corrected chi connectivity index (χ3v) is 2.43. The number of benzene rings is 1. The van der Waals surface area contributed by atoms with Gasteiger partial charge in [0.25, 0.3) is 0 Å². The molecule has 0 unspecified atom stereocenters. The summed E-state index contributed by atoms with van der Waals surface area (Å²) < 4.78 is 0. The van der Waals surface area contributed by atoms with Gasteiger partial charge in [-0.05, 0) is 18.2 Å². The van der Waals surface area contributed by atoms with E-state index in [1.807, 2.05) is 36.4 Å². The second-order valence-corrected chi connectivity index (χ2v) is 3.50. The molecule has 0 amide bonds. The maximum Gasteiger partial charge on any atom is 0.150 e. The molecule has 0 aliphatic rings. The molecule has 1 aromatic carbocycles. The predicted octanol–water partition coefficient (Wildman–Crippen LogP) is 3.35. The first-order valence-corrected chi connectivity index (χ1v) is 5.06. The zero-order chi connectivity index (χ0) is 11.4. The molecule has 0 spiro atoms. The molecule has 1 aromatic heterocycles. The van der Waals surface area contributed by atoms with Gasteiger partial charge in [-0.3, -0.25) is 0 Å². The lowest BCUT2D eigenvalue weighted by Crippen LogP contribution is -1.95. The van der Waals surface area contributed by atoms with E-state index in [0.717, 1.165) is 5.69 Å². The minimum Gasteiger partial charge on any atom is -0.339 e. The molecule has 78 valence electrons. The Morgan fingerprint density at radius 2 is 1.94 bits per heavy atom. The molecule has 2 aromatic rings. The van der Waals surface area contributed by atoms with Crippen LogP contribution in [0.3, 0.4) is 0 Å². The summed E-state index contributed by atoms with van der Waals surface area (Å²) in [6, 6.07) is 13.1. The number of nitrogens with one attached hydrogen (secondary N) is 1. The highest BCUT2D eigenvalue weighted by Gasteiger charge is 2.06. The molecule has 0 atom stereocenters. The van der Waals surface area contributed by atoms with E-state index >= 15 is 0 Å². The fourth-order valence-corrected chi connectivity index (χ4v) is 1.48. The Morgan fingerprint density at radius 1 is 1.19 bits per heavy atom. The Morgan fingerprint density at radius 3 is 2.62 bits per heavy atom. The van der Waals surface area contributed by atoms with Crippen molar-refractivity contribution in [3.63, 3.8) is 0 Å². The van der Waals surface area contributed by atoms with Crippen molar-refractivity contribution in [2.45, 2.75) is 0 Å². The van der Waals surface area contributed by atoms with Gasteiger partial charge in [0.2, 0.25) is 0 Å². The van der Waals surface area contributed by atoms with Crippen molar-refractivity contribution >= 4 is 23.1 Å². The van der Waals surface area contributed by atoms with Crippen molar-refractivity contribution in [3.8, 4) is 6.07 Å². The van der Waals surface area contributed by atoms with E-state index in [1.54, 1.807) is 12.3 Å². The van der Waals surface area contributed by atoms with E-state index in [4.69, 9.17) is 16.9 Å². The number of anilines is 2. The lowest BCUT2D eigenvalue weighted by atomic mass is 10.2. The van der Waals surface area contributed by atoms with E-state index in [1.165, 1.54) is 0 Å². The maximum absolute atomic E-state index is 8.82. The summed E-state index contributed by atoms with van der Waals surface area (Å²) in [5, 5.41) is 12.2. The summed E-state index contributed by atoms with van der Waals surface area (Å²) in [5.41, 5.74) is 1.29. The van der Waals surface area contributed by atoms with Crippen LogP contribution in [-0.4, -0.2) is 4.98 Å². The van der Waals surface area contributed by atoms with Crippen molar-refractivity contribution in [1.29, 1.82) is 5.26 Å². The molecule has 1 N–H and O–H groups in total. The standard InChI is InChI=1S/C12H8ClN3/c13-11-9(8-14)6-7-15-12(11)16-10-4-2-1-3-5-10/h1-7H,(H,15,16). The highest BCUT2D eigenvalue weighted by Crippen LogP contribution is 2.25. The molecule has 0 aliphatic carbocycles. The monoisotopic (exact) mass is 229 g/mol. The minimum atomic E-state index is 0.342. The van der Waals surface area contributed by atoms with Gasteiger partial charge >= 0.3 is 0 Å². The van der Waals surface area contributed by atoms with Gasteiger partial charge in [-0.2, -0.15) is 5.26 Å². The fourth-order valence-electron chi connectivity index (χ4n) is 1.28. The summed E-state index contributed by atoms with van der Waals surface area (Å²) in [5.74, 6) is 0.493. The normalized spacial score (nSPS) is 9.50. The smallest absolute Gasteiger partial charge is 0.150 e. The number of aromatic nitrogens is 1. The Bertz CT molecular complexity index is 532. The molecule has 16 heavy (non-hydrogen) atoms. The van der Waals surface area contributed by atoms with E-state index in [-0.39, 0.29) is 0 Å². The van der Waals surface area contributed by atoms with Gasteiger partial charge < -0.3 is 5.32 Å². The number of pyridine rings is 1. The van der Waals surface area contributed by atoms with Gasteiger partial charge in [0.15, 0.2) is 5.82 Å². The number of halogens is 1. The van der Waals surface area contributed by atoms with Crippen LogP contribution in [0.15, 0.2) is 42.6 Å². The average molecular weight is 230 g/mol.